The Labute approximate surface area is 304 Å². The van der Waals surface area contributed by atoms with Gasteiger partial charge in [-0.2, -0.15) is 0 Å². The number of benzene rings is 2. The second kappa shape index (κ2) is 16.4. The molecule has 0 radical (unpaired) electrons. The minimum absolute atomic E-state index is 0.0214. The SMILES string of the molecule is Cc1cc(/C=C/C(C)(C)C(=O)CC(C)(C)C(=O)N2CCN(N(C)C)CC2)ccc1Cc1cc([C@@H]2O[C@H](CO)[C@@H](O)[C@H](O)[C@H]2O)c(C)cc1C(C)C. The van der Waals surface area contributed by atoms with E-state index >= 15 is 0 Å². The zero-order valence-corrected chi connectivity index (χ0v) is 32.3. The van der Waals surface area contributed by atoms with Gasteiger partial charge >= 0.3 is 0 Å². The Bertz CT molecular complexity index is 1570. The zero-order chi connectivity index (χ0) is 38.0. The molecule has 2 fully saturated rings. The Morgan fingerprint density at radius 3 is 2.14 bits per heavy atom. The van der Waals surface area contributed by atoms with Crippen LogP contribution in [0.25, 0.3) is 6.08 Å². The number of aliphatic hydroxyl groups excluding tert-OH is 4. The highest BCUT2D eigenvalue weighted by Crippen LogP contribution is 2.37. The molecule has 282 valence electrons. The highest BCUT2D eigenvalue weighted by molar-refractivity contribution is 5.93. The van der Waals surface area contributed by atoms with E-state index in [0.717, 1.165) is 40.9 Å². The maximum absolute atomic E-state index is 13.6. The van der Waals surface area contributed by atoms with E-state index in [0.29, 0.717) is 25.1 Å². The van der Waals surface area contributed by atoms with E-state index in [9.17, 15) is 30.0 Å². The number of hydrazine groups is 1. The van der Waals surface area contributed by atoms with Crippen LogP contribution >= 0.6 is 0 Å². The zero-order valence-electron chi connectivity index (χ0n) is 32.3. The van der Waals surface area contributed by atoms with Gasteiger partial charge in [-0.1, -0.05) is 70.2 Å². The Morgan fingerprint density at radius 1 is 0.922 bits per heavy atom. The lowest BCUT2D eigenvalue weighted by molar-refractivity contribution is -0.231. The first-order valence-corrected chi connectivity index (χ1v) is 18.2. The van der Waals surface area contributed by atoms with Crippen molar-refractivity contribution < 1.29 is 34.8 Å². The third-order valence-electron chi connectivity index (χ3n) is 10.8. The molecule has 4 N–H and O–H groups in total. The number of aliphatic hydroxyl groups is 4. The van der Waals surface area contributed by atoms with E-state index in [1.807, 2.05) is 77.9 Å². The van der Waals surface area contributed by atoms with Crippen molar-refractivity contribution in [2.45, 2.75) is 105 Å². The lowest BCUT2D eigenvalue weighted by Crippen LogP contribution is -2.55. The molecule has 10 heteroatoms. The summed E-state index contributed by atoms with van der Waals surface area (Å²) >= 11 is 0. The molecule has 2 saturated heterocycles. The number of piperazine rings is 1. The van der Waals surface area contributed by atoms with Gasteiger partial charge < -0.3 is 30.1 Å². The van der Waals surface area contributed by atoms with Crippen LogP contribution in [-0.2, 0) is 20.7 Å². The van der Waals surface area contributed by atoms with E-state index in [2.05, 4.69) is 49.0 Å². The van der Waals surface area contributed by atoms with E-state index < -0.39 is 48.0 Å². The van der Waals surface area contributed by atoms with Crippen LogP contribution in [0.4, 0.5) is 0 Å². The fourth-order valence-corrected chi connectivity index (χ4v) is 7.21. The first kappa shape index (κ1) is 40.8. The van der Waals surface area contributed by atoms with Gasteiger partial charge in [0.1, 0.15) is 36.3 Å². The van der Waals surface area contributed by atoms with Crippen molar-refractivity contribution in [1.29, 1.82) is 0 Å². The number of ether oxygens (including phenoxy) is 1. The number of amides is 1. The lowest BCUT2D eigenvalue weighted by atomic mass is 9.76. The molecule has 0 aliphatic carbocycles. The number of carbonyl (C=O) groups excluding carboxylic acids is 2. The number of ketones is 1. The maximum Gasteiger partial charge on any atom is 0.228 e. The van der Waals surface area contributed by atoms with Crippen molar-refractivity contribution in [3.63, 3.8) is 0 Å². The summed E-state index contributed by atoms with van der Waals surface area (Å²) in [6.07, 6.45) is -1.38. The summed E-state index contributed by atoms with van der Waals surface area (Å²) in [6.45, 7) is 18.2. The van der Waals surface area contributed by atoms with Gasteiger partial charge in [-0.3, -0.25) is 9.59 Å². The summed E-state index contributed by atoms with van der Waals surface area (Å²) in [4.78, 5) is 28.9. The number of allylic oxidation sites excluding steroid dienone is 1. The molecule has 0 bridgehead atoms. The average Bonchev–Trinajstić information content (AvgIpc) is 3.07. The minimum Gasteiger partial charge on any atom is -0.394 e. The predicted octanol–water partition coefficient (Wildman–Crippen LogP) is 4.18. The van der Waals surface area contributed by atoms with Crippen LogP contribution < -0.4 is 0 Å². The van der Waals surface area contributed by atoms with Crippen molar-refractivity contribution in [2.24, 2.45) is 10.8 Å². The molecule has 0 spiro atoms. The molecule has 2 aliphatic heterocycles. The summed E-state index contributed by atoms with van der Waals surface area (Å²) in [5, 5.41) is 45.7. The largest absolute Gasteiger partial charge is 0.394 e. The normalized spacial score (nSPS) is 23.8. The Balaban J connectivity index is 1.48. The molecule has 0 aromatic heterocycles. The molecule has 5 atom stereocenters. The first-order chi connectivity index (χ1) is 23.8. The molecule has 4 rings (SSSR count). The molecule has 1 amide bonds. The van der Waals surface area contributed by atoms with Crippen LogP contribution in [0.2, 0.25) is 0 Å². The quantitative estimate of drug-likeness (QED) is 0.257. The van der Waals surface area contributed by atoms with Crippen LogP contribution in [0.5, 0.6) is 0 Å². The van der Waals surface area contributed by atoms with Crippen molar-refractivity contribution in [2.75, 3.05) is 46.9 Å². The molecular weight excluding hydrogens is 646 g/mol. The number of nitrogens with zero attached hydrogens (tertiary/aromatic N) is 3. The molecule has 2 aromatic carbocycles. The van der Waals surface area contributed by atoms with Gasteiger partial charge in [-0.05, 0) is 79.0 Å². The smallest absolute Gasteiger partial charge is 0.228 e. The fourth-order valence-electron chi connectivity index (χ4n) is 7.21. The highest BCUT2D eigenvalue weighted by atomic mass is 16.5. The molecule has 2 heterocycles. The number of aryl methyl sites for hydroxylation is 2. The van der Waals surface area contributed by atoms with E-state index in [1.165, 1.54) is 5.56 Å². The molecular formula is C41H61N3O7. The molecule has 51 heavy (non-hydrogen) atoms. The molecule has 0 saturated carbocycles. The number of hydrogen-bond donors (Lipinski definition) is 4. The number of carbonyl (C=O) groups is 2. The summed E-state index contributed by atoms with van der Waals surface area (Å²) in [7, 11) is 4.01. The van der Waals surface area contributed by atoms with Crippen molar-refractivity contribution in [3.05, 3.63) is 75.4 Å². The third-order valence-corrected chi connectivity index (χ3v) is 10.8. The van der Waals surface area contributed by atoms with Gasteiger partial charge in [-0.25, -0.2) is 10.0 Å². The number of Topliss-reactive ketones (excluding diaryl/α,β-unsaturated/α-hetero) is 1. The number of hydrogen-bond acceptors (Lipinski definition) is 9. The second-order valence-electron chi connectivity index (χ2n) is 16.3. The van der Waals surface area contributed by atoms with Gasteiger partial charge in [0.2, 0.25) is 5.91 Å². The second-order valence-corrected chi connectivity index (χ2v) is 16.3. The number of rotatable bonds is 12. The first-order valence-electron chi connectivity index (χ1n) is 18.2. The lowest BCUT2D eigenvalue weighted by Gasteiger charge is -2.41. The van der Waals surface area contributed by atoms with Crippen LogP contribution in [0.3, 0.4) is 0 Å². The minimum atomic E-state index is -1.44. The monoisotopic (exact) mass is 707 g/mol. The average molecular weight is 708 g/mol. The fraction of sp³-hybridized carbons (Fsp3) is 0.610. The van der Waals surface area contributed by atoms with Gasteiger partial charge in [0.05, 0.1) is 12.0 Å². The van der Waals surface area contributed by atoms with Crippen LogP contribution in [0.1, 0.15) is 98.9 Å². The van der Waals surface area contributed by atoms with Gasteiger partial charge in [0.25, 0.3) is 0 Å². The maximum atomic E-state index is 13.6. The standard InChI is InChI=1S/C41H61N3O7/c1-25(2)31-20-27(4)32(38-37(49)36(48)35(47)33(24-45)51-38)22-30(31)21-29-12-11-28(19-26(29)3)13-14-40(5,6)34(46)23-41(7,8)39(50)43-15-17-44(18-16-43)42(9)10/h11-14,19-20,22,25,33,35-38,45,47-49H,15-18,21,23-24H2,1-10H3/b14-13+/t33-,35-,36+,37-,38+/m1/s1. The molecule has 10 nitrogen and oxygen atoms in total. The van der Waals surface area contributed by atoms with Crippen molar-refractivity contribution in [3.8, 4) is 0 Å². The summed E-state index contributed by atoms with van der Waals surface area (Å²) < 4.78 is 5.93. The van der Waals surface area contributed by atoms with Gasteiger partial charge in [0, 0.05) is 52.1 Å². The van der Waals surface area contributed by atoms with Crippen LogP contribution in [-0.4, -0.2) is 118 Å². The van der Waals surface area contributed by atoms with E-state index in [1.54, 1.807) is 0 Å². The summed E-state index contributed by atoms with van der Waals surface area (Å²) in [5.74, 6) is 0.279. The highest BCUT2D eigenvalue weighted by Gasteiger charge is 2.44. The Morgan fingerprint density at radius 2 is 1.57 bits per heavy atom. The summed E-state index contributed by atoms with van der Waals surface area (Å²) in [5.41, 5.74) is 5.48. The Hall–Kier alpha value is -2.96. The molecule has 0 unspecified atom stereocenters. The third kappa shape index (κ3) is 9.35. The van der Waals surface area contributed by atoms with E-state index in [4.69, 9.17) is 4.74 Å². The molecule has 2 aromatic rings. The van der Waals surface area contributed by atoms with Gasteiger partial charge in [0.15, 0.2) is 0 Å². The molecule has 2 aliphatic rings. The summed E-state index contributed by atoms with van der Waals surface area (Å²) in [6, 6.07) is 10.4. The van der Waals surface area contributed by atoms with E-state index in [-0.39, 0.29) is 24.0 Å². The van der Waals surface area contributed by atoms with Crippen molar-refractivity contribution >= 4 is 17.8 Å². The van der Waals surface area contributed by atoms with Crippen LogP contribution in [0.15, 0.2) is 36.4 Å². The Kier molecular flexibility index (Phi) is 13.1. The topological polar surface area (TPSA) is 134 Å². The van der Waals surface area contributed by atoms with Gasteiger partial charge in [-0.15, -0.1) is 0 Å². The predicted molar refractivity (Wildman–Crippen MR) is 200 cm³/mol. The van der Waals surface area contributed by atoms with Crippen LogP contribution in [0, 0.1) is 24.7 Å². The van der Waals surface area contributed by atoms with Crippen molar-refractivity contribution in [1.82, 2.24) is 14.9 Å².